The van der Waals surface area contributed by atoms with E-state index in [0.29, 0.717) is 16.3 Å². The number of aromatic nitrogens is 1. The Labute approximate surface area is 125 Å². The minimum Gasteiger partial charge on any atom is -0.322 e. The number of hydrogen-bond acceptors (Lipinski definition) is 2. The van der Waals surface area contributed by atoms with Gasteiger partial charge < -0.3 is 5.32 Å². The number of benzene rings is 1. The van der Waals surface area contributed by atoms with Crippen LogP contribution in [0.5, 0.6) is 0 Å². The number of rotatable bonds is 2. The molecule has 0 unspecified atom stereocenters. The molecule has 1 amide bonds. The molecule has 0 bridgehead atoms. The van der Waals surface area contributed by atoms with Crippen LogP contribution in [0.2, 0.25) is 5.02 Å². The van der Waals surface area contributed by atoms with Gasteiger partial charge in [-0.25, -0.2) is 0 Å². The third-order valence-electron chi connectivity index (χ3n) is 2.66. The normalized spacial score (nSPS) is 10.3. The lowest BCUT2D eigenvalue weighted by Gasteiger charge is -2.08. The number of aryl methyl sites for hydroxylation is 2. The molecule has 19 heavy (non-hydrogen) atoms. The van der Waals surface area contributed by atoms with E-state index in [1.165, 1.54) is 6.20 Å². The Hall–Kier alpha value is -1.39. The molecule has 2 aromatic rings. The van der Waals surface area contributed by atoms with Crippen LogP contribution >= 0.6 is 27.5 Å². The molecule has 5 heteroatoms. The van der Waals surface area contributed by atoms with Crippen LogP contribution in [-0.2, 0) is 0 Å². The second kappa shape index (κ2) is 5.72. The Kier molecular flexibility index (Phi) is 4.22. The number of carbonyl (C=O) groups is 1. The fourth-order valence-corrected chi connectivity index (χ4v) is 2.23. The van der Waals surface area contributed by atoms with Gasteiger partial charge in [0.2, 0.25) is 0 Å². The summed E-state index contributed by atoms with van der Waals surface area (Å²) in [7, 11) is 0. The van der Waals surface area contributed by atoms with Crippen molar-refractivity contribution in [2.24, 2.45) is 0 Å². The van der Waals surface area contributed by atoms with E-state index in [1.807, 2.05) is 32.0 Å². The smallest absolute Gasteiger partial charge is 0.258 e. The maximum Gasteiger partial charge on any atom is 0.258 e. The molecule has 0 aliphatic carbocycles. The fraction of sp³-hybridized carbons (Fsp3) is 0.143. The van der Waals surface area contributed by atoms with Gasteiger partial charge in [0, 0.05) is 22.1 Å². The van der Waals surface area contributed by atoms with Gasteiger partial charge in [-0.3, -0.25) is 9.78 Å². The van der Waals surface area contributed by atoms with Crippen LogP contribution in [-0.4, -0.2) is 10.9 Å². The predicted molar refractivity (Wildman–Crippen MR) is 80.8 cm³/mol. The highest BCUT2D eigenvalue weighted by Crippen LogP contribution is 2.22. The van der Waals surface area contributed by atoms with Gasteiger partial charge in [0.15, 0.2) is 0 Å². The van der Waals surface area contributed by atoms with Gasteiger partial charge in [-0.05, 0) is 37.6 Å². The standard InChI is InChI=1S/C14H12BrClN2O/c1-8-3-4-10(6-12(8)15)18-14(19)11-7-17-9(2)5-13(11)16/h3-7H,1-2H3,(H,18,19). The molecule has 1 heterocycles. The maximum absolute atomic E-state index is 12.1. The minimum atomic E-state index is -0.270. The Balaban J connectivity index is 2.23. The highest BCUT2D eigenvalue weighted by molar-refractivity contribution is 9.10. The number of nitrogens with zero attached hydrogens (tertiary/aromatic N) is 1. The Morgan fingerprint density at radius 3 is 2.68 bits per heavy atom. The van der Waals surface area contributed by atoms with E-state index in [2.05, 4.69) is 26.2 Å². The van der Waals surface area contributed by atoms with Crippen molar-refractivity contribution in [1.29, 1.82) is 0 Å². The SMILES string of the molecule is Cc1cc(Cl)c(C(=O)Nc2ccc(C)c(Br)c2)cn1. The number of amides is 1. The maximum atomic E-state index is 12.1. The summed E-state index contributed by atoms with van der Waals surface area (Å²) in [4.78, 5) is 16.2. The number of halogens is 2. The first-order valence-electron chi connectivity index (χ1n) is 5.67. The molecule has 0 aliphatic heterocycles. The van der Waals surface area contributed by atoms with Crippen LogP contribution in [0, 0.1) is 13.8 Å². The predicted octanol–water partition coefficient (Wildman–Crippen LogP) is 4.37. The molecule has 0 aliphatic rings. The number of pyridine rings is 1. The van der Waals surface area contributed by atoms with Crippen LogP contribution in [0.3, 0.4) is 0 Å². The average molecular weight is 340 g/mol. The summed E-state index contributed by atoms with van der Waals surface area (Å²) in [5.41, 5.74) is 2.95. The zero-order valence-electron chi connectivity index (χ0n) is 10.5. The highest BCUT2D eigenvalue weighted by Gasteiger charge is 2.11. The van der Waals surface area contributed by atoms with E-state index < -0.39 is 0 Å². The van der Waals surface area contributed by atoms with Crippen molar-refractivity contribution in [3.63, 3.8) is 0 Å². The minimum absolute atomic E-state index is 0.270. The summed E-state index contributed by atoms with van der Waals surface area (Å²) in [6.07, 6.45) is 1.48. The van der Waals surface area contributed by atoms with Gasteiger partial charge in [0.1, 0.15) is 0 Å². The number of anilines is 1. The second-order valence-electron chi connectivity index (χ2n) is 4.22. The molecule has 1 aromatic carbocycles. The first-order valence-corrected chi connectivity index (χ1v) is 6.84. The van der Waals surface area contributed by atoms with Crippen LogP contribution < -0.4 is 5.32 Å². The van der Waals surface area contributed by atoms with Crippen LogP contribution in [0.1, 0.15) is 21.6 Å². The van der Waals surface area contributed by atoms with E-state index in [0.717, 1.165) is 15.7 Å². The van der Waals surface area contributed by atoms with E-state index in [-0.39, 0.29) is 5.91 Å². The lowest BCUT2D eigenvalue weighted by molar-refractivity contribution is 0.102. The Bertz CT molecular complexity index is 643. The summed E-state index contributed by atoms with van der Waals surface area (Å²) in [5.74, 6) is -0.270. The van der Waals surface area contributed by atoms with Crippen molar-refractivity contribution < 1.29 is 4.79 Å². The molecule has 0 spiro atoms. The number of hydrogen-bond donors (Lipinski definition) is 1. The third-order valence-corrected chi connectivity index (χ3v) is 3.83. The summed E-state index contributed by atoms with van der Waals surface area (Å²) in [6.45, 7) is 3.81. The molecular weight excluding hydrogens is 328 g/mol. The first kappa shape index (κ1) is 14.0. The summed E-state index contributed by atoms with van der Waals surface area (Å²) in [6, 6.07) is 7.28. The van der Waals surface area contributed by atoms with E-state index in [9.17, 15) is 4.79 Å². The van der Waals surface area contributed by atoms with Crippen molar-refractivity contribution in [1.82, 2.24) is 4.98 Å². The molecule has 3 nitrogen and oxygen atoms in total. The van der Waals surface area contributed by atoms with Crippen LogP contribution in [0.4, 0.5) is 5.69 Å². The monoisotopic (exact) mass is 338 g/mol. The molecule has 0 radical (unpaired) electrons. The van der Waals surface area contributed by atoms with Gasteiger partial charge in [0.05, 0.1) is 10.6 Å². The molecule has 0 saturated heterocycles. The summed E-state index contributed by atoms with van der Waals surface area (Å²) >= 11 is 9.46. The van der Waals surface area contributed by atoms with E-state index in [1.54, 1.807) is 6.07 Å². The topological polar surface area (TPSA) is 42.0 Å². The van der Waals surface area contributed by atoms with Crippen molar-refractivity contribution >= 4 is 39.1 Å². The first-order chi connectivity index (χ1) is 8.97. The summed E-state index contributed by atoms with van der Waals surface area (Å²) < 4.78 is 0.943. The van der Waals surface area contributed by atoms with Gasteiger partial charge in [-0.2, -0.15) is 0 Å². The van der Waals surface area contributed by atoms with E-state index in [4.69, 9.17) is 11.6 Å². The zero-order valence-corrected chi connectivity index (χ0v) is 12.8. The van der Waals surface area contributed by atoms with E-state index >= 15 is 0 Å². The summed E-state index contributed by atoms with van der Waals surface area (Å²) in [5, 5.41) is 3.19. The number of nitrogens with one attached hydrogen (secondary N) is 1. The van der Waals surface area contributed by atoms with Crippen LogP contribution in [0.15, 0.2) is 34.9 Å². The van der Waals surface area contributed by atoms with Crippen molar-refractivity contribution in [2.75, 3.05) is 5.32 Å². The van der Waals surface area contributed by atoms with Crippen molar-refractivity contribution in [3.8, 4) is 0 Å². The number of carbonyl (C=O) groups excluding carboxylic acids is 1. The Morgan fingerprint density at radius 2 is 2.05 bits per heavy atom. The molecule has 0 atom stereocenters. The van der Waals surface area contributed by atoms with Gasteiger partial charge in [-0.15, -0.1) is 0 Å². The highest BCUT2D eigenvalue weighted by atomic mass is 79.9. The molecule has 0 saturated carbocycles. The molecule has 0 fully saturated rings. The van der Waals surface area contributed by atoms with Gasteiger partial charge >= 0.3 is 0 Å². The van der Waals surface area contributed by atoms with Gasteiger partial charge in [0.25, 0.3) is 5.91 Å². The largest absolute Gasteiger partial charge is 0.322 e. The molecule has 2 rings (SSSR count). The molecule has 98 valence electrons. The van der Waals surface area contributed by atoms with Crippen molar-refractivity contribution in [3.05, 3.63) is 56.8 Å². The molecular formula is C14H12BrClN2O. The molecule has 1 aromatic heterocycles. The Morgan fingerprint density at radius 1 is 1.32 bits per heavy atom. The lowest BCUT2D eigenvalue weighted by atomic mass is 10.2. The zero-order chi connectivity index (χ0) is 14.0. The van der Waals surface area contributed by atoms with Crippen molar-refractivity contribution in [2.45, 2.75) is 13.8 Å². The average Bonchev–Trinajstić information content (AvgIpc) is 2.33. The lowest BCUT2D eigenvalue weighted by Crippen LogP contribution is -2.13. The van der Waals surface area contributed by atoms with Crippen LogP contribution in [0.25, 0.3) is 0 Å². The molecule has 1 N–H and O–H groups in total. The second-order valence-corrected chi connectivity index (χ2v) is 5.49. The quantitative estimate of drug-likeness (QED) is 0.883. The fourth-order valence-electron chi connectivity index (χ4n) is 1.56. The van der Waals surface area contributed by atoms with Gasteiger partial charge in [-0.1, -0.05) is 33.6 Å². The third kappa shape index (κ3) is 3.33.